The van der Waals surface area contributed by atoms with Crippen LogP contribution in [0.3, 0.4) is 0 Å². The third kappa shape index (κ3) is 3.89. The fraction of sp³-hybridized carbons (Fsp3) is 0.938. The normalized spacial score (nSPS) is 30.6. The molecule has 1 saturated carbocycles. The number of nitrogens with zero attached hydrogens (tertiary/aromatic N) is 2. The van der Waals surface area contributed by atoms with E-state index in [0.29, 0.717) is 12.3 Å². The Bertz CT molecular complexity index is 357. The highest BCUT2D eigenvalue weighted by Gasteiger charge is 2.34. The SMILES string of the molecule is O=C(NCC1CCN(C2CC2)C1)N1CCCCC1CCO. The summed E-state index contributed by atoms with van der Waals surface area (Å²) in [6.07, 6.45) is 7.98. The van der Waals surface area contributed by atoms with E-state index in [4.69, 9.17) is 5.11 Å². The van der Waals surface area contributed by atoms with Crippen molar-refractivity contribution in [3.8, 4) is 0 Å². The minimum absolute atomic E-state index is 0.0815. The van der Waals surface area contributed by atoms with Crippen molar-refractivity contribution in [2.75, 3.05) is 32.8 Å². The standard InChI is InChI=1S/C16H29N3O2/c20-10-7-15-3-1-2-8-19(15)16(21)17-11-13-6-9-18(12-13)14-4-5-14/h13-15,20H,1-12H2,(H,17,21). The van der Waals surface area contributed by atoms with E-state index in [0.717, 1.165) is 38.5 Å². The Kier molecular flexibility index (Phi) is 5.01. The third-order valence-corrected chi connectivity index (χ3v) is 5.27. The monoisotopic (exact) mass is 295 g/mol. The molecule has 5 nitrogen and oxygen atoms in total. The van der Waals surface area contributed by atoms with Crippen molar-refractivity contribution >= 4 is 6.03 Å². The van der Waals surface area contributed by atoms with Crippen LogP contribution in [0.1, 0.15) is 44.9 Å². The van der Waals surface area contributed by atoms with Crippen molar-refractivity contribution in [2.45, 2.75) is 57.0 Å². The number of likely N-dealkylation sites (tertiary alicyclic amines) is 2. The van der Waals surface area contributed by atoms with Crippen LogP contribution in [0, 0.1) is 5.92 Å². The van der Waals surface area contributed by atoms with Crippen LogP contribution in [0.15, 0.2) is 0 Å². The van der Waals surface area contributed by atoms with E-state index in [2.05, 4.69) is 10.2 Å². The van der Waals surface area contributed by atoms with Crippen LogP contribution >= 0.6 is 0 Å². The van der Waals surface area contributed by atoms with Gasteiger partial charge in [0.15, 0.2) is 0 Å². The number of amides is 2. The van der Waals surface area contributed by atoms with Gasteiger partial charge in [-0.3, -0.25) is 0 Å². The van der Waals surface area contributed by atoms with E-state index in [1.54, 1.807) is 0 Å². The molecule has 2 amide bonds. The second-order valence-corrected chi connectivity index (χ2v) is 6.92. The maximum absolute atomic E-state index is 12.4. The fourth-order valence-corrected chi connectivity index (χ4v) is 3.85. The van der Waals surface area contributed by atoms with Gasteiger partial charge in [-0.2, -0.15) is 0 Å². The number of aliphatic hydroxyl groups is 1. The molecule has 0 spiro atoms. The summed E-state index contributed by atoms with van der Waals surface area (Å²) in [6.45, 7) is 4.19. The minimum Gasteiger partial charge on any atom is -0.396 e. The lowest BCUT2D eigenvalue weighted by atomic mass is 10.00. The van der Waals surface area contributed by atoms with Crippen molar-refractivity contribution in [3.63, 3.8) is 0 Å². The van der Waals surface area contributed by atoms with Crippen LogP contribution in [0.4, 0.5) is 4.79 Å². The molecule has 2 atom stereocenters. The molecule has 0 aromatic carbocycles. The summed E-state index contributed by atoms with van der Waals surface area (Å²) >= 11 is 0. The number of rotatable bonds is 5. The number of aliphatic hydroxyl groups excluding tert-OH is 1. The molecule has 2 unspecified atom stereocenters. The molecule has 0 bridgehead atoms. The van der Waals surface area contributed by atoms with Crippen LogP contribution in [0.25, 0.3) is 0 Å². The lowest BCUT2D eigenvalue weighted by Crippen LogP contribution is -2.50. The van der Waals surface area contributed by atoms with Gasteiger partial charge in [0.25, 0.3) is 0 Å². The summed E-state index contributed by atoms with van der Waals surface area (Å²) < 4.78 is 0. The molecular formula is C16H29N3O2. The van der Waals surface area contributed by atoms with Gasteiger partial charge in [-0.25, -0.2) is 4.79 Å². The highest BCUT2D eigenvalue weighted by Crippen LogP contribution is 2.31. The highest BCUT2D eigenvalue weighted by atomic mass is 16.3. The molecule has 3 aliphatic rings. The minimum atomic E-state index is 0.0815. The van der Waals surface area contributed by atoms with Gasteiger partial charge in [-0.15, -0.1) is 0 Å². The van der Waals surface area contributed by atoms with E-state index >= 15 is 0 Å². The van der Waals surface area contributed by atoms with Crippen LogP contribution in [0.2, 0.25) is 0 Å². The van der Waals surface area contributed by atoms with Crippen LogP contribution in [-0.2, 0) is 0 Å². The number of piperidine rings is 1. The number of carbonyl (C=O) groups is 1. The molecule has 0 aromatic heterocycles. The molecule has 2 aliphatic heterocycles. The molecule has 5 heteroatoms. The van der Waals surface area contributed by atoms with Gasteiger partial charge < -0.3 is 20.2 Å². The molecule has 2 heterocycles. The maximum Gasteiger partial charge on any atom is 0.317 e. The molecule has 21 heavy (non-hydrogen) atoms. The van der Waals surface area contributed by atoms with Gasteiger partial charge in [0.1, 0.15) is 0 Å². The summed E-state index contributed by atoms with van der Waals surface area (Å²) in [5, 5.41) is 12.3. The Balaban J connectivity index is 1.42. The second-order valence-electron chi connectivity index (χ2n) is 6.92. The van der Waals surface area contributed by atoms with Crippen LogP contribution in [-0.4, -0.2) is 65.8 Å². The molecule has 3 rings (SSSR count). The van der Waals surface area contributed by atoms with E-state index < -0.39 is 0 Å². The maximum atomic E-state index is 12.4. The molecule has 2 N–H and O–H groups in total. The zero-order valence-corrected chi connectivity index (χ0v) is 13.0. The molecular weight excluding hydrogens is 266 g/mol. The van der Waals surface area contributed by atoms with Gasteiger partial charge in [0.2, 0.25) is 0 Å². The number of nitrogens with one attached hydrogen (secondary N) is 1. The predicted molar refractivity (Wildman–Crippen MR) is 82.1 cm³/mol. The van der Waals surface area contributed by atoms with E-state index in [1.165, 1.54) is 32.2 Å². The first-order valence-corrected chi connectivity index (χ1v) is 8.67. The molecule has 0 radical (unpaired) electrons. The van der Waals surface area contributed by atoms with E-state index in [9.17, 15) is 4.79 Å². The number of carbonyl (C=O) groups excluding carboxylic acids is 1. The zero-order chi connectivity index (χ0) is 14.7. The Morgan fingerprint density at radius 1 is 1.14 bits per heavy atom. The van der Waals surface area contributed by atoms with Gasteiger partial charge >= 0.3 is 6.03 Å². The lowest BCUT2D eigenvalue weighted by Gasteiger charge is -2.35. The van der Waals surface area contributed by atoms with Crippen LogP contribution < -0.4 is 5.32 Å². The fourth-order valence-electron chi connectivity index (χ4n) is 3.85. The molecule has 0 aromatic rings. The van der Waals surface area contributed by atoms with Gasteiger partial charge in [0.05, 0.1) is 0 Å². The number of hydrogen-bond acceptors (Lipinski definition) is 3. The Morgan fingerprint density at radius 2 is 2.00 bits per heavy atom. The predicted octanol–water partition coefficient (Wildman–Crippen LogP) is 1.42. The average molecular weight is 295 g/mol. The molecule has 1 aliphatic carbocycles. The third-order valence-electron chi connectivity index (χ3n) is 5.27. The van der Waals surface area contributed by atoms with E-state index in [1.807, 2.05) is 4.90 Å². The second kappa shape index (κ2) is 6.97. The zero-order valence-electron chi connectivity index (χ0n) is 13.0. The average Bonchev–Trinajstić information content (AvgIpc) is 3.25. The summed E-state index contributed by atoms with van der Waals surface area (Å²) in [6, 6.07) is 1.16. The van der Waals surface area contributed by atoms with Gasteiger partial charge in [-0.05, 0) is 57.4 Å². The largest absolute Gasteiger partial charge is 0.396 e. The van der Waals surface area contributed by atoms with Gasteiger partial charge in [-0.1, -0.05) is 0 Å². The lowest BCUT2D eigenvalue weighted by molar-refractivity contribution is 0.131. The topological polar surface area (TPSA) is 55.8 Å². The number of urea groups is 1. The molecule has 120 valence electrons. The summed E-state index contributed by atoms with van der Waals surface area (Å²) in [4.78, 5) is 16.9. The van der Waals surface area contributed by atoms with Crippen molar-refractivity contribution in [1.82, 2.24) is 15.1 Å². The Labute approximate surface area is 127 Å². The Hall–Kier alpha value is -0.810. The summed E-state index contributed by atoms with van der Waals surface area (Å²) in [5.41, 5.74) is 0. The van der Waals surface area contributed by atoms with Crippen molar-refractivity contribution < 1.29 is 9.90 Å². The first-order chi connectivity index (χ1) is 10.3. The van der Waals surface area contributed by atoms with Crippen molar-refractivity contribution in [2.24, 2.45) is 5.92 Å². The first-order valence-electron chi connectivity index (χ1n) is 8.67. The summed E-state index contributed by atoms with van der Waals surface area (Å²) in [7, 11) is 0. The van der Waals surface area contributed by atoms with E-state index in [-0.39, 0.29) is 18.7 Å². The van der Waals surface area contributed by atoms with Crippen molar-refractivity contribution in [3.05, 3.63) is 0 Å². The molecule has 3 fully saturated rings. The van der Waals surface area contributed by atoms with Crippen LogP contribution in [0.5, 0.6) is 0 Å². The summed E-state index contributed by atoms with van der Waals surface area (Å²) in [5.74, 6) is 0.621. The first kappa shape index (κ1) is 15.1. The highest BCUT2D eigenvalue weighted by molar-refractivity contribution is 5.74. The quantitative estimate of drug-likeness (QED) is 0.806. The van der Waals surface area contributed by atoms with Crippen molar-refractivity contribution in [1.29, 1.82) is 0 Å². The number of hydrogen-bond donors (Lipinski definition) is 2. The van der Waals surface area contributed by atoms with Gasteiger partial charge in [0, 0.05) is 38.3 Å². The Morgan fingerprint density at radius 3 is 2.76 bits per heavy atom. The molecule has 2 saturated heterocycles. The smallest absolute Gasteiger partial charge is 0.317 e.